The smallest absolute Gasteiger partial charge is 0.233 e. The fourth-order valence-corrected chi connectivity index (χ4v) is 1.66. The van der Waals surface area contributed by atoms with Crippen LogP contribution in [0.3, 0.4) is 0 Å². The monoisotopic (exact) mass is 215 g/mol. The quantitative estimate of drug-likeness (QED) is 0.263. The third-order valence-electron chi connectivity index (χ3n) is 2.37. The van der Waals surface area contributed by atoms with Gasteiger partial charge in [-0.05, 0) is 45.3 Å². The molecule has 0 saturated heterocycles. The van der Waals surface area contributed by atoms with E-state index in [0.717, 1.165) is 32.5 Å². The Hall–Kier alpha value is -0.610. The maximum absolute atomic E-state index is 10.9. The standard InChI is InChI=1S/C11H25N3O/c1-3-8-14(9-4-2)10-6-5-7-11(15)13-12/h3-10,12H2,1-2H3,(H,13,15). The lowest BCUT2D eigenvalue weighted by Gasteiger charge is -2.20. The van der Waals surface area contributed by atoms with Crippen LogP contribution in [0.2, 0.25) is 0 Å². The van der Waals surface area contributed by atoms with Crippen LogP contribution in [0.15, 0.2) is 0 Å². The van der Waals surface area contributed by atoms with Crippen molar-refractivity contribution in [3.8, 4) is 0 Å². The average molecular weight is 215 g/mol. The van der Waals surface area contributed by atoms with Gasteiger partial charge in [0.1, 0.15) is 0 Å². The molecule has 0 atom stereocenters. The van der Waals surface area contributed by atoms with Gasteiger partial charge in [-0.2, -0.15) is 0 Å². The van der Waals surface area contributed by atoms with Gasteiger partial charge in [0.05, 0.1) is 0 Å². The first-order valence-corrected chi connectivity index (χ1v) is 5.96. The number of nitrogens with two attached hydrogens (primary N) is 1. The molecule has 4 nitrogen and oxygen atoms in total. The van der Waals surface area contributed by atoms with Crippen LogP contribution in [-0.2, 0) is 4.79 Å². The largest absolute Gasteiger partial charge is 0.303 e. The second kappa shape index (κ2) is 9.93. The number of nitrogens with zero attached hydrogens (tertiary/aromatic N) is 1. The lowest BCUT2D eigenvalue weighted by Crippen LogP contribution is -2.30. The van der Waals surface area contributed by atoms with Crippen LogP contribution >= 0.6 is 0 Å². The number of unbranched alkanes of at least 4 members (excludes halogenated alkanes) is 1. The summed E-state index contributed by atoms with van der Waals surface area (Å²) >= 11 is 0. The molecule has 3 N–H and O–H groups in total. The molecule has 90 valence electrons. The van der Waals surface area contributed by atoms with Gasteiger partial charge in [0.15, 0.2) is 0 Å². The molecule has 15 heavy (non-hydrogen) atoms. The predicted octanol–water partition coefficient (Wildman–Crippen LogP) is 1.27. The highest BCUT2D eigenvalue weighted by Crippen LogP contribution is 2.01. The molecule has 0 aliphatic carbocycles. The van der Waals surface area contributed by atoms with Gasteiger partial charge in [-0.15, -0.1) is 0 Å². The van der Waals surface area contributed by atoms with E-state index in [2.05, 4.69) is 24.2 Å². The number of hydrazine groups is 1. The van der Waals surface area contributed by atoms with Crippen LogP contribution in [0.25, 0.3) is 0 Å². The summed E-state index contributed by atoms with van der Waals surface area (Å²) in [4.78, 5) is 13.3. The van der Waals surface area contributed by atoms with Crippen LogP contribution < -0.4 is 11.3 Å². The van der Waals surface area contributed by atoms with Gasteiger partial charge in [0.2, 0.25) is 5.91 Å². The third kappa shape index (κ3) is 8.39. The molecule has 0 rings (SSSR count). The van der Waals surface area contributed by atoms with Crippen molar-refractivity contribution in [1.29, 1.82) is 0 Å². The summed E-state index contributed by atoms with van der Waals surface area (Å²) in [7, 11) is 0. The summed E-state index contributed by atoms with van der Waals surface area (Å²) < 4.78 is 0. The topological polar surface area (TPSA) is 58.4 Å². The van der Waals surface area contributed by atoms with Crippen molar-refractivity contribution in [2.24, 2.45) is 5.84 Å². The van der Waals surface area contributed by atoms with E-state index >= 15 is 0 Å². The van der Waals surface area contributed by atoms with Crippen molar-refractivity contribution >= 4 is 5.91 Å². The van der Waals surface area contributed by atoms with E-state index in [0.29, 0.717) is 6.42 Å². The zero-order valence-corrected chi connectivity index (χ0v) is 10.1. The van der Waals surface area contributed by atoms with Gasteiger partial charge in [0.25, 0.3) is 0 Å². The fourth-order valence-electron chi connectivity index (χ4n) is 1.66. The van der Waals surface area contributed by atoms with Gasteiger partial charge >= 0.3 is 0 Å². The molecule has 4 heteroatoms. The number of hydrogen-bond acceptors (Lipinski definition) is 3. The lowest BCUT2D eigenvalue weighted by molar-refractivity contribution is -0.121. The molecule has 0 fully saturated rings. The Morgan fingerprint density at radius 1 is 1.13 bits per heavy atom. The van der Waals surface area contributed by atoms with Gasteiger partial charge in [0, 0.05) is 6.42 Å². The number of carbonyl (C=O) groups is 1. The summed E-state index contributed by atoms with van der Waals surface area (Å²) in [5.74, 6) is 4.94. The highest BCUT2D eigenvalue weighted by molar-refractivity contribution is 5.74. The average Bonchev–Trinajstić information content (AvgIpc) is 2.24. The van der Waals surface area contributed by atoms with E-state index in [4.69, 9.17) is 5.84 Å². The van der Waals surface area contributed by atoms with Crippen molar-refractivity contribution in [1.82, 2.24) is 10.3 Å². The molecule has 0 aromatic heterocycles. The molecule has 0 heterocycles. The summed E-state index contributed by atoms with van der Waals surface area (Å²) in [5, 5.41) is 0. The maximum Gasteiger partial charge on any atom is 0.233 e. The molecule has 0 aliphatic heterocycles. The number of hydrogen-bond donors (Lipinski definition) is 2. The maximum atomic E-state index is 10.9. The Kier molecular flexibility index (Phi) is 9.52. The minimum absolute atomic E-state index is 0.0625. The fraction of sp³-hybridized carbons (Fsp3) is 0.909. The van der Waals surface area contributed by atoms with E-state index in [1.165, 1.54) is 12.8 Å². The molecule has 0 aliphatic rings. The molecule has 0 aromatic carbocycles. The van der Waals surface area contributed by atoms with Crippen LogP contribution in [0.5, 0.6) is 0 Å². The Morgan fingerprint density at radius 3 is 2.20 bits per heavy atom. The van der Waals surface area contributed by atoms with Gasteiger partial charge in [-0.1, -0.05) is 13.8 Å². The Balaban J connectivity index is 3.48. The molecule has 1 amide bonds. The highest BCUT2D eigenvalue weighted by atomic mass is 16.2. The first-order chi connectivity index (χ1) is 7.24. The Bertz CT molecular complexity index is 156. The summed E-state index contributed by atoms with van der Waals surface area (Å²) in [5.41, 5.74) is 2.15. The summed E-state index contributed by atoms with van der Waals surface area (Å²) in [6.45, 7) is 7.82. The summed E-state index contributed by atoms with van der Waals surface area (Å²) in [6.07, 6.45) is 4.94. The Labute approximate surface area is 93.2 Å². The molecule has 0 radical (unpaired) electrons. The molecular formula is C11H25N3O. The first-order valence-electron chi connectivity index (χ1n) is 5.96. The number of rotatable bonds is 9. The SMILES string of the molecule is CCCN(CCC)CCCCC(=O)NN. The van der Waals surface area contributed by atoms with Gasteiger partial charge in [-0.25, -0.2) is 5.84 Å². The third-order valence-corrected chi connectivity index (χ3v) is 2.37. The number of nitrogens with one attached hydrogen (secondary N) is 1. The molecule has 0 saturated carbocycles. The molecule has 0 aromatic rings. The Morgan fingerprint density at radius 2 is 1.73 bits per heavy atom. The second-order valence-electron chi connectivity index (χ2n) is 3.87. The van der Waals surface area contributed by atoms with Crippen LogP contribution in [0, 0.1) is 0 Å². The van der Waals surface area contributed by atoms with Crippen LogP contribution in [0.4, 0.5) is 0 Å². The number of amides is 1. The molecular weight excluding hydrogens is 190 g/mol. The van der Waals surface area contributed by atoms with Crippen LogP contribution in [0.1, 0.15) is 46.0 Å². The molecule has 0 unspecified atom stereocenters. The van der Waals surface area contributed by atoms with Crippen molar-refractivity contribution in [3.63, 3.8) is 0 Å². The van der Waals surface area contributed by atoms with Crippen molar-refractivity contribution < 1.29 is 4.79 Å². The van der Waals surface area contributed by atoms with E-state index in [-0.39, 0.29) is 5.91 Å². The van der Waals surface area contributed by atoms with E-state index in [9.17, 15) is 4.79 Å². The highest BCUT2D eigenvalue weighted by Gasteiger charge is 2.03. The minimum Gasteiger partial charge on any atom is -0.303 e. The normalized spacial score (nSPS) is 10.7. The molecule has 0 spiro atoms. The van der Waals surface area contributed by atoms with Crippen molar-refractivity contribution in [2.45, 2.75) is 46.0 Å². The van der Waals surface area contributed by atoms with Gasteiger partial charge in [-0.3, -0.25) is 10.2 Å². The zero-order chi connectivity index (χ0) is 11.5. The van der Waals surface area contributed by atoms with E-state index in [1.807, 2.05) is 0 Å². The summed E-state index contributed by atoms with van der Waals surface area (Å²) in [6, 6.07) is 0. The first kappa shape index (κ1) is 14.4. The molecule has 0 bridgehead atoms. The van der Waals surface area contributed by atoms with Crippen molar-refractivity contribution in [2.75, 3.05) is 19.6 Å². The van der Waals surface area contributed by atoms with Crippen LogP contribution in [-0.4, -0.2) is 30.4 Å². The van der Waals surface area contributed by atoms with E-state index < -0.39 is 0 Å². The second-order valence-corrected chi connectivity index (χ2v) is 3.87. The predicted molar refractivity (Wildman–Crippen MR) is 63.2 cm³/mol. The number of carbonyl (C=O) groups excluding carboxylic acids is 1. The van der Waals surface area contributed by atoms with Crippen molar-refractivity contribution in [3.05, 3.63) is 0 Å². The van der Waals surface area contributed by atoms with E-state index in [1.54, 1.807) is 0 Å². The zero-order valence-electron chi connectivity index (χ0n) is 10.1. The minimum atomic E-state index is -0.0625. The lowest BCUT2D eigenvalue weighted by atomic mass is 10.2. The van der Waals surface area contributed by atoms with Gasteiger partial charge < -0.3 is 4.90 Å².